The molecule has 4 aromatic rings. The summed E-state index contributed by atoms with van der Waals surface area (Å²) in [5.41, 5.74) is 2.08. The van der Waals surface area contributed by atoms with Gasteiger partial charge >= 0.3 is 0 Å². The molecule has 0 N–H and O–H groups in total. The van der Waals surface area contributed by atoms with Crippen molar-refractivity contribution in [1.29, 1.82) is 0 Å². The number of anilines is 1. The van der Waals surface area contributed by atoms with E-state index in [1.807, 2.05) is 58.3 Å². The summed E-state index contributed by atoms with van der Waals surface area (Å²) in [5, 5.41) is 1.01. The van der Waals surface area contributed by atoms with Crippen molar-refractivity contribution in [2.45, 2.75) is 0 Å². The molecule has 3 aromatic heterocycles. The first kappa shape index (κ1) is 18.7. The third-order valence-corrected chi connectivity index (χ3v) is 6.59. The van der Waals surface area contributed by atoms with Crippen LogP contribution in [0.5, 0.6) is 5.75 Å². The van der Waals surface area contributed by atoms with Crippen LogP contribution in [0.2, 0.25) is 0 Å². The number of fused-ring (bicyclic) bond motifs is 1. The predicted molar refractivity (Wildman–Crippen MR) is 120 cm³/mol. The van der Waals surface area contributed by atoms with Crippen molar-refractivity contribution in [3.05, 3.63) is 72.0 Å². The highest BCUT2D eigenvalue weighted by Crippen LogP contribution is 2.34. The highest BCUT2D eigenvalue weighted by molar-refractivity contribution is 7.21. The van der Waals surface area contributed by atoms with Gasteiger partial charge in [-0.25, -0.2) is 4.98 Å². The average molecular weight is 419 g/mol. The zero-order valence-corrected chi connectivity index (χ0v) is 17.5. The largest absolute Gasteiger partial charge is 0.497 e. The number of benzene rings is 1. The second kappa shape index (κ2) is 7.84. The van der Waals surface area contributed by atoms with E-state index < -0.39 is 0 Å². The molecule has 1 saturated heterocycles. The topological polar surface area (TPSA) is 50.6 Å². The molecular formula is C23H22N4O2S. The van der Waals surface area contributed by atoms with Crippen LogP contribution >= 0.6 is 11.3 Å². The molecule has 7 heteroatoms. The molecule has 6 nitrogen and oxygen atoms in total. The lowest BCUT2D eigenvalue weighted by atomic mass is 10.2. The Labute approximate surface area is 178 Å². The first-order chi connectivity index (χ1) is 14.7. The number of carbonyl (C=O) groups excluding carboxylic acids is 1. The van der Waals surface area contributed by atoms with Gasteiger partial charge in [0.05, 0.1) is 12.8 Å². The molecule has 30 heavy (non-hydrogen) atoms. The Morgan fingerprint density at radius 1 is 1.00 bits per heavy atom. The van der Waals surface area contributed by atoms with Crippen LogP contribution < -0.4 is 9.64 Å². The molecule has 0 aliphatic carbocycles. The minimum Gasteiger partial charge on any atom is -0.497 e. The van der Waals surface area contributed by atoms with E-state index in [0.29, 0.717) is 13.1 Å². The Hall–Kier alpha value is -3.32. The van der Waals surface area contributed by atoms with Crippen molar-refractivity contribution in [3.63, 3.8) is 0 Å². The maximum atomic E-state index is 13.5. The lowest BCUT2D eigenvalue weighted by Gasteiger charge is -2.36. The van der Waals surface area contributed by atoms with Crippen molar-refractivity contribution in [2.75, 3.05) is 38.2 Å². The highest BCUT2D eigenvalue weighted by atomic mass is 32.1. The number of carbonyl (C=O) groups is 1. The van der Waals surface area contributed by atoms with Gasteiger partial charge in [-0.15, -0.1) is 11.3 Å². The predicted octanol–water partition coefficient (Wildman–Crippen LogP) is 4.06. The molecule has 0 bridgehead atoms. The molecule has 4 heterocycles. The number of rotatable bonds is 4. The molecule has 1 aliphatic rings. The molecule has 0 unspecified atom stereocenters. The van der Waals surface area contributed by atoms with E-state index >= 15 is 0 Å². The summed E-state index contributed by atoms with van der Waals surface area (Å²) in [7, 11) is 1.67. The van der Waals surface area contributed by atoms with Gasteiger partial charge in [-0.2, -0.15) is 0 Å². The number of thiophene rings is 1. The van der Waals surface area contributed by atoms with E-state index in [-0.39, 0.29) is 5.91 Å². The van der Waals surface area contributed by atoms with Crippen LogP contribution in [-0.4, -0.2) is 53.6 Å². The minimum atomic E-state index is 0.0797. The number of aromatic nitrogens is 2. The van der Waals surface area contributed by atoms with Crippen molar-refractivity contribution < 1.29 is 9.53 Å². The Bertz CT molecular complexity index is 1160. The zero-order valence-electron chi connectivity index (χ0n) is 16.7. The maximum Gasteiger partial charge on any atom is 0.266 e. The van der Waals surface area contributed by atoms with Gasteiger partial charge in [-0.05, 0) is 48.5 Å². The fourth-order valence-corrected chi connectivity index (χ4v) is 5.02. The van der Waals surface area contributed by atoms with Crippen molar-refractivity contribution in [2.24, 2.45) is 0 Å². The second-order valence-corrected chi connectivity index (χ2v) is 8.20. The van der Waals surface area contributed by atoms with Gasteiger partial charge in [0.25, 0.3) is 5.91 Å². The van der Waals surface area contributed by atoms with Crippen LogP contribution in [0, 0.1) is 0 Å². The van der Waals surface area contributed by atoms with Gasteiger partial charge < -0.3 is 19.1 Å². The van der Waals surface area contributed by atoms with Crippen LogP contribution in [0.4, 0.5) is 5.69 Å². The van der Waals surface area contributed by atoms with E-state index in [1.54, 1.807) is 13.3 Å². The number of hydrogen-bond acceptors (Lipinski definition) is 5. The average Bonchev–Trinajstić information content (AvgIpc) is 3.46. The Morgan fingerprint density at radius 3 is 2.43 bits per heavy atom. The lowest BCUT2D eigenvalue weighted by Crippen LogP contribution is -2.48. The van der Waals surface area contributed by atoms with Gasteiger partial charge in [0.1, 0.15) is 15.5 Å². The molecule has 0 radical (unpaired) electrons. The number of amides is 1. The van der Waals surface area contributed by atoms with Gasteiger partial charge in [0, 0.05) is 55.8 Å². The Balaban J connectivity index is 1.38. The first-order valence-corrected chi connectivity index (χ1v) is 10.8. The zero-order chi connectivity index (χ0) is 20.5. The van der Waals surface area contributed by atoms with Crippen LogP contribution in [0.15, 0.2) is 67.1 Å². The van der Waals surface area contributed by atoms with Crippen molar-refractivity contribution >= 4 is 33.1 Å². The fourth-order valence-electron chi connectivity index (χ4n) is 3.91. The SMILES string of the molecule is COc1ccc(N2CCN(C(=O)c3sc4ncccc4c3-n3cccc3)CC2)cc1. The molecule has 1 fully saturated rings. The summed E-state index contributed by atoms with van der Waals surface area (Å²) in [6.07, 6.45) is 5.74. The van der Waals surface area contributed by atoms with E-state index in [4.69, 9.17) is 4.74 Å². The van der Waals surface area contributed by atoms with E-state index in [1.165, 1.54) is 11.3 Å². The molecule has 0 saturated carbocycles. The van der Waals surface area contributed by atoms with Crippen molar-refractivity contribution in [1.82, 2.24) is 14.5 Å². The standard InChI is InChI=1S/C23H22N4O2S/c1-29-18-8-6-17(7-9-18)25-13-15-27(16-14-25)23(28)21-20(26-11-2-3-12-26)19-5-4-10-24-22(19)30-21/h2-12H,13-16H2,1H3. The summed E-state index contributed by atoms with van der Waals surface area (Å²) in [6.45, 7) is 3.00. The van der Waals surface area contributed by atoms with Crippen molar-refractivity contribution in [3.8, 4) is 11.4 Å². The summed E-state index contributed by atoms with van der Waals surface area (Å²) in [6, 6.07) is 16.0. The molecule has 152 valence electrons. The van der Waals surface area contributed by atoms with Crippen LogP contribution in [0.3, 0.4) is 0 Å². The first-order valence-electron chi connectivity index (χ1n) is 9.94. The number of hydrogen-bond donors (Lipinski definition) is 0. The summed E-state index contributed by atoms with van der Waals surface area (Å²) < 4.78 is 7.26. The number of pyridine rings is 1. The summed E-state index contributed by atoms with van der Waals surface area (Å²) in [4.78, 5) is 23.9. The van der Waals surface area contributed by atoms with Gasteiger partial charge in [0.2, 0.25) is 0 Å². The number of methoxy groups -OCH3 is 1. The molecule has 1 aliphatic heterocycles. The van der Waals surface area contributed by atoms with Gasteiger partial charge in [-0.1, -0.05) is 0 Å². The maximum absolute atomic E-state index is 13.5. The fraction of sp³-hybridized carbons (Fsp3) is 0.217. The lowest BCUT2D eigenvalue weighted by molar-refractivity contribution is 0.0752. The van der Waals surface area contributed by atoms with E-state index in [2.05, 4.69) is 22.0 Å². The highest BCUT2D eigenvalue weighted by Gasteiger charge is 2.27. The van der Waals surface area contributed by atoms with E-state index in [9.17, 15) is 4.79 Å². The Kier molecular flexibility index (Phi) is 4.88. The molecule has 1 amide bonds. The molecular weight excluding hydrogens is 396 g/mol. The van der Waals surface area contributed by atoms with Crippen LogP contribution in [-0.2, 0) is 0 Å². The molecule has 0 atom stereocenters. The van der Waals surface area contributed by atoms with Gasteiger partial charge in [-0.3, -0.25) is 4.79 Å². The number of piperazine rings is 1. The van der Waals surface area contributed by atoms with Crippen LogP contribution in [0.1, 0.15) is 9.67 Å². The smallest absolute Gasteiger partial charge is 0.266 e. The second-order valence-electron chi connectivity index (χ2n) is 7.20. The normalized spacial score (nSPS) is 14.3. The number of nitrogens with zero attached hydrogens (tertiary/aromatic N) is 4. The molecule has 5 rings (SSSR count). The van der Waals surface area contributed by atoms with E-state index in [0.717, 1.165) is 45.3 Å². The quantitative estimate of drug-likeness (QED) is 0.502. The molecule has 0 spiro atoms. The van der Waals surface area contributed by atoms with Crippen LogP contribution in [0.25, 0.3) is 15.9 Å². The van der Waals surface area contributed by atoms with Gasteiger partial charge in [0.15, 0.2) is 0 Å². The number of ether oxygens (including phenoxy) is 1. The summed E-state index contributed by atoms with van der Waals surface area (Å²) in [5.74, 6) is 0.930. The Morgan fingerprint density at radius 2 is 1.73 bits per heavy atom. The third kappa shape index (κ3) is 3.31. The molecule has 1 aromatic carbocycles. The summed E-state index contributed by atoms with van der Waals surface area (Å²) >= 11 is 1.47. The minimum absolute atomic E-state index is 0.0797. The monoisotopic (exact) mass is 418 g/mol. The third-order valence-electron chi connectivity index (χ3n) is 5.50.